The molecule has 9 aromatic rings. The number of fused-ring (bicyclic) bond motifs is 10. The molecule has 0 bridgehead atoms. The van der Waals surface area contributed by atoms with Crippen molar-refractivity contribution in [2.75, 3.05) is 4.90 Å². The molecule has 228 valence electrons. The van der Waals surface area contributed by atoms with Crippen molar-refractivity contribution in [1.29, 1.82) is 0 Å². The highest BCUT2D eigenvalue weighted by Crippen LogP contribution is 2.52. The fraction of sp³-hybridized carbons (Fsp3) is 0.0667. The van der Waals surface area contributed by atoms with E-state index in [1.807, 2.05) is 18.2 Å². The lowest BCUT2D eigenvalue weighted by Crippen LogP contribution is -2.16. The average Bonchev–Trinajstić information content (AvgIpc) is 3.78. The molecule has 0 fully saturated rings. The van der Waals surface area contributed by atoms with Gasteiger partial charge < -0.3 is 13.7 Å². The van der Waals surface area contributed by atoms with Gasteiger partial charge >= 0.3 is 0 Å². The summed E-state index contributed by atoms with van der Waals surface area (Å²) in [5.41, 5.74) is 14.0. The fourth-order valence-electron chi connectivity index (χ4n) is 8.03. The number of rotatable bonds is 4. The molecular weight excluding hydrogens is 587 g/mol. The van der Waals surface area contributed by atoms with Crippen molar-refractivity contribution in [1.82, 2.24) is 0 Å². The van der Waals surface area contributed by atoms with Crippen LogP contribution in [0.15, 0.2) is 160 Å². The molecule has 3 heteroatoms. The number of hydrogen-bond donors (Lipinski definition) is 0. The molecule has 3 nitrogen and oxygen atoms in total. The lowest BCUT2D eigenvalue weighted by molar-refractivity contribution is 0.660. The smallest absolute Gasteiger partial charge is 0.160 e. The first-order valence-electron chi connectivity index (χ1n) is 16.5. The van der Waals surface area contributed by atoms with Crippen LogP contribution in [0.25, 0.3) is 66.1 Å². The Kier molecular flexibility index (Phi) is 5.63. The number of benzene rings is 7. The molecule has 2 aromatic heterocycles. The van der Waals surface area contributed by atoms with E-state index in [1.165, 1.54) is 22.3 Å². The quantitative estimate of drug-likeness (QED) is 0.197. The summed E-state index contributed by atoms with van der Waals surface area (Å²) in [6.07, 6.45) is 0. The molecule has 0 spiro atoms. The van der Waals surface area contributed by atoms with Gasteiger partial charge in [-0.05, 0) is 81.9 Å². The van der Waals surface area contributed by atoms with Crippen LogP contribution < -0.4 is 4.90 Å². The van der Waals surface area contributed by atoms with Gasteiger partial charge in [-0.25, -0.2) is 0 Å². The Balaban J connectivity index is 1.30. The molecule has 7 aromatic carbocycles. The molecule has 0 atom stereocenters. The first-order chi connectivity index (χ1) is 23.6. The van der Waals surface area contributed by atoms with Crippen LogP contribution >= 0.6 is 0 Å². The topological polar surface area (TPSA) is 29.5 Å². The van der Waals surface area contributed by atoms with Crippen LogP contribution in [0.4, 0.5) is 17.1 Å². The molecule has 1 aliphatic carbocycles. The second-order valence-electron chi connectivity index (χ2n) is 13.3. The Morgan fingerprint density at radius 2 is 1.12 bits per heavy atom. The van der Waals surface area contributed by atoms with Gasteiger partial charge in [-0.3, -0.25) is 0 Å². The molecule has 0 N–H and O–H groups in total. The molecule has 0 saturated heterocycles. The summed E-state index contributed by atoms with van der Waals surface area (Å²) in [6, 6.07) is 53.8. The Hall–Kier alpha value is -6.06. The van der Waals surface area contributed by atoms with Gasteiger partial charge in [0.05, 0.1) is 5.69 Å². The third kappa shape index (κ3) is 3.76. The molecule has 10 rings (SSSR count). The molecule has 2 heterocycles. The Morgan fingerprint density at radius 3 is 1.96 bits per heavy atom. The maximum atomic E-state index is 7.00. The van der Waals surface area contributed by atoms with E-state index in [-0.39, 0.29) is 5.41 Å². The van der Waals surface area contributed by atoms with Crippen molar-refractivity contribution < 1.29 is 8.83 Å². The normalized spacial score (nSPS) is 13.4. The van der Waals surface area contributed by atoms with Crippen molar-refractivity contribution in [2.45, 2.75) is 19.3 Å². The molecule has 0 unspecified atom stereocenters. The van der Waals surface area contributed by atoms with E-state index >= 15 is 0 Å². The van der Waals surface area contributed by atoms with Gasteiger partial charge in [-0.2, -0.15) is 0 Å². The Labute approximate surface area is 278 Å². The van der Waals surface area contributed by atoms with Crippen LogP contribution in [0.1, 0.15) is 25.0 Å². The van der Waals surface area contributed by atoms with E-state index in [1.54, 1.807) is 0 Å². The zero-order valence-electron chi connectivity index (χ0n) is 26.7. The summed E-state index contributed by atoms with van der Waals surface area (Å²) in [6.45, 7) is 4.67. The van der Waals surface area contributed by atoms with Crippen molar-refractivity contribution in [3.63, 3.8) is 0 Å². The van der Waals surface area contributed by atoms with Crippen molar-refractivity contribution in [3.8, 4) is 22.3 Å². The van der Waals surface area contributed by atoms with Gasteiger partial charge in [-0.1, -0.05) is 117 Å². The van der Waals surface area contributed by atoms with Gasteiger partial charge in [-0.15, -0.1) is 0 Å². The van der Waals surface area contributed by atoms with E-state index in [9.17, 15) is 0 Å². The van der Waals surface area contributed by atoms with Crippen LogP contribution in [0.2, 0.25) is 0 Å². The summed E-state index contributed by atoms with van der Waals surface area (Å²) in [5.74, 6) is 0. The zero-order valence-corrected chi connectivity index (χ0v) is 26.7. The lowest BCUT2D eigenvalue weighted by atomic mass is 9.82. The second-order valence-corrected chi connectivity index (χ2v) is 13.3. The summed E-state index contributed by atoms with van der Waals surface area (Å²) >= 11 is 0. The van der Waals surface area contributed by atoms with Crippen LogP contribution in [0, 0.1) is 0 Å². The van der Waals surface area contributed by atoms with E-state index in [4.69, 9.17) is 8.83 Å². The fourth-order valence-corrected chi connectivity index (χ4v) is 8.03. The molecule has 0 saturated carbocycles. The SMILES string of the molecule is CC1(C)c2ccccc2-c2ccc(N(c3ccccc3)c3ccc(-c4ccccc4)c4c3oc3ccc5oc6ccccc6c5c34)cc21. The van der Waals surface area contributed by atoms with Gasteiger partial charge in [0.1, 0.15) is 16.7 Å². The largest absolute Gasteiger partial charge is 0.456 e. The summed E-state index contributed by atoms with van der Waals surface area (Å²) in [7, 11) is 0. The first kappa shape index (κ1) is 27.1. The first-order valence-corrected chi connectivity index (χ1v) is 16.5. The minimum atomic E-state index is -0.121. The predicted octanol–water partition coefficient (Wildman–Crippen LogP) is 12.9. The van der Waals surface area contributed by atoms with E-state index in [0.29, 0.717) is 0 Å². The third-order valence-electron chi connectivity index (χ3n) is 10.3. The van der Waals surface area contributed by atoms with Crippen LogP contribution in [-0.4, -0.2) is 0 Å². The van der Waals surface area contributed by atoms with Gasteiger partial charge in [0.2, 0.25) is 0 Å². The number of anilines is 3. The van der Waals surface area contributed by atoms with Crippen molar-refractivity contribution >= 4 is 60.9 Å². The average molecular weight is 618 g/mol. The minimum absolute atomic E-state index is 0.121. The Bertz CT molecular complexity index is 2700. The van der Waals surface area contributed by atoms with E-state index < -0.39 is 0 Å². The maximum Gasteiger partial charge on any atom is 0.160 e. The van der Waals surface area contributed by atoms with Gasteiger partial charge in [0.25, 0.3) is 0 Å². The third-order valence-corrected chi connectivity index (χ3v) is 10.3. The molecule has 0 aliphatic heterocycles. The van der Waals surface area contributed by atoms with Crippen LogP contribution in [0.5, 0.6) is 0 Å². The van der Waals surface area contributed by atoms with Gasteiger partial charge in [0.15, 0.2) is 5.58 Å². The molecule has 0 radical (unpaired) electrons. The molecule has 48 heavy (non-hydrogen) atoms. The van der Waals surface area contributed by atoms with Crippen LogP contribution in [0.3, 0.4) is 0 Å². The van der Waals surface area contributed by atoms with Gasteiger partial charge in [0, 0.05) is 38.3 Å². The number of nitrogens with zero attached hydrogens (tertiary/aromatic N) is 1. The summed E-state index contributed by atoms with van der Waals surface area (Å²) in [5, 5.41) is 4.33. The number of hydrogen-bond acceptors (Lipinski definition) is 3. The van der Waals surface area contributed by atoms with E-state index in [0.717, 1.165) is 72.1 Å². The highest BCUT2D eigenvalue weighted by atomic mass is 16.3. The maximum absolute atomic E-state index is 7.00. The summed E-state index contributed by atoms with van der Waals surface area (Å²) < 4.78 is 13.4. The zero-order chi connectivity index (χ0) is 32.0. The minimum Gasteiger partial charge on any atom is -0.456 e. The van der Waals surface area contributed by atoms with Crippen LogP contribution in [-0.2, 0) is 5.41 Å². The monoisotopic (exact) mass is 617 g/mol. The number of furan rings is 2. The lowest BCUT2D eigenvalue weighted by Gasteiger charge is -2.28. The molecular formula is C45H31NO2. The molecule has 0 amide bonds. The predicted molar refractivity (Wildman–Crippen MR) is 199 cm³/mol. The highest BCUT2D eigenvalue weighted by Gasteiger charge is 2.36. The van der Waals surface area contributed by atoms with Crippen molar-refractivity contribution in [3.05, 3.63) is 163 Å². The Morgan fingerprint density at radius 1 is 0.458 bits per heavy atom. The van der Waals surface area contributed by atoms with E-state index in [2.05, 4.69) is 152 Å². The second kappa shape index (κ2) is 9.97. The molecule has 1 aliphatic rings. The highest BCUT2D eigenvalue weighted by molar-refractivity contribution is 6.29. The number of para-hydroxylation sites is 2. The standard InChI is InChI=1S/C45H31NO2/c1-45(2)35-19-11-9-17-32(35)33-22-21-30(27-36(33)45)46(29-15-7-4-8-16-29)37-24-23-31(28-13-5-3-6-14-28)42-43-40(48-44(37)42)26-25-39-41(43)34-18-10-12-20-38(34)47-39/h3-27H,1-2H3. The van der Waals surface area contributed by atoms with Crippen molar-refractivity contribution in [2.24, 2.45) is 0 Å². The summed E-state index contributed by atoms with van der Waals surface area (Å²) in [4.78, 5) is 2.35.